The second-order valence-corrected chi connectivity index (χ2v) is 7.91. The van der Waals surface area contributed by atoms with E-state index in [0.717, 1.165) is 4.88 Å². The molecule has 1 amide bonds. The van der Waals surface area contributed by atoms with Gasteiger partial charge < -0.3 is 10.1 Å². The number of hydrogen-bond donors (Lipinski definition) is 1. The van der Waals surface area contributed by atoms with Crippen molar-refractivity contribution in [1.29, 1.82) is 0 Å². The Hall–Kier alpha value is -1.73. The van der Waals surface area contributed by atoms with Crippen LogP contribution in [0.4, 0.5) is 5.00 Å². The largest absolute Gasteiger partial charge is 0.465 e. The van der Waals surface area contributed by atoms with Gasteiger partial charge in [-0.15, -0.1) is 11.3 Å². The van der Waals surface area contributed by atoms with E-state index < -0.39 is 5.97 Å². The molecule has 0 unspecified atom stereocenters. The van der Waals surface area contributed by atoms with Gasteiger partial charge in [0, 0.05) is 21.7 Å². The second-order valence-electron chi connectivity index (χ2n) is 5.94. The number of thiophene rings is 1. The summed E-state index contributed by atoms with van der Waals surface area (Å²) in [7, 11) is 1.32. The van der Waals surface area contributed by atoms with Crippen LogP contribution in [-0.2, 0) is 10.2 Å². The maximum absolute atomic E-state index is 12.4. The van der Waals surface area contributed by atoms with Gasteiger partial charge in [-0.3, -0.25) is 9.78 Å². The predicted octanol–water partition coefficient (Wildman–Crippen LogP) is 4.24. The van der Waals surface area contributed by atoms with Crippen LogP contribution in [0.15, 0.2) is 29.0 Å². The fraction of sp³-hybridized carbons (Fsp3) is 0.312. The standard InChI is InChI=1S/C16H17BrN2O3S/c1-16(2,3)12-6-11(15(21)22-4)14(23-12)19-13(20)9-5-10(17)8-18-7-9/h5-8H,1-4H3,(H,19,20). The molecule has 0 aliphatic heterocycles. The SMILES string of the molecule is COC(=O)c1cc(C(C)(C)C)sc1NC(=O)c1cncc(Br)c1. The van der Waals surface area contributed by atoms with Gasteiger partial charge in [-0.25, -0.2) is 4.79 Å². The molecule has 0 fully saturated rings. The van der Waals surface area contributed by atoms with Crippen molar-refractivity contribution >= 4 is 44.1 Å². The average Bonchev–Trinajstić information content (AvgIpc) is 2.90. The summed E-state index contributed by atoms with van der Waals surface area (Å²) in [5, 5.41) is 3.26. The number of nitrogens with zero attached hydrogens (tertiary/aromatic N) is 1. The molecular weight excluding hydrogens is 380 g/mol. The van der Waals surface area contributed by atoms with Crippen molar-refractivity contribution in [3.8, 4) is 0 Å². The first-order valence-corrected chi connectivity index (χ1v) is 8.48. The Kier molecular flexibility index (Phi) is 5.21. The van der Waals surface area contributed by atoms with Gasteiger partial charge in [0.15, 0.2) is 0 Å². The fourth-order valence-electron chi connectivity index (χ4n) is 1.83. The van der Waals surface area contributed by atoms with Crippen LogP contribution < -0.4 is 5.32 Å². The first kappa shape index (κ1) is 17.6. The number of methoxy groups -OCH3 is 1. The highest BCUT2D eigenvalue weighted by molar-refractivity contribution is 9.10. The molecule has 7 heteroatoms. The molecule has 122 valence electrons. The Morgan fingerprint density at radius 3 is 2.52 bits per heavy atom. The molecule has 0 aromatic carbocycles. The summed E-state index contributed by atoms with van der Waals surface area (Å²) in [5.74, 6) is -0.800. The lowest BCUT2D eigenvalue weighted by Gasteiger charge is -2.15. The number of ether oxygens (including phenoxy) is 1. The summed E-state index contributed by atoms with van der Waals surface area (Å²) in [4.78, 5) is 29.3. The topological polar surface area (TPSA) is 68.3 Å². The molecular formula is C16H17BrN2O3S. The van der Waals surface area contributed by atoms with E-state index in [1.165, 1.54) is 24.6 Å². The van der Waals surface area contributed by atoms with E-state index in [1.807, 2.05) is 20.8 Å². The van der Waals surface area contributed by atoms with Crippen molar-refractivity contribution in [3.05, 3.63) is 45.0 Å². The van der Waals surface area contributed by atoms with Crippen LogP contribution in [0.2, 0.25) is 0 Å². The maximum Gasteiger partial charge on any atom is 0.340 e. The Balaban J connectivity index is 2.36. The minimum atomic E-state index is -0.473. The third-order valence-electron chi connectivity index (χ3n) is 3.07. The molecule has 1 N–H and O–H groups in total. The zero-order valence-corrected chi connectivity index (χ0v) is 15.7. The Morgan fingerprint density at radius 2 is 1.96 bits per heavy atom. The third kappa shape index (κ3) is 4.17. The zero-order valence-electron chi connectivity index (χ0n) is 13.3. The average molecular weight is 397 g/mol. The number of carbonyl (C=O) groups excluding carboxylic acids is 2. The first-order valence-electron chi connectivity index (χ1n) is 6.87. The van der Waals surface area contributed by atoms with Gasteiger partial charge >= 0.3 is 5.97 Å². The first-order chi connectivity index (χ1) is 10.7. The highest BCUT2D eigenvalue weighted by Gasteiger charge is 2.24. The number of anilines is 1. The van der Waals surface area contributed by atoms with Crippen molar-refractivity contribution in [2.75, 3.05) is 12.4 Å². The number of nitrogens with one attached hydrogen (secondary N) is 1. The third-order valence-corrected chi connectivity index (χ3v) is 4.98. The molecule has 0 aliphatic rings. The highest BCUT2D eigenvalue weighted by atomic mass is 79.9. The Labute approximate surface area is 147 Å². The Bertz CT molecular complexity index is 750. The van der Waals surface area contributed by atoms with Crippen molar-refractivity contribution in [2.45, 2.75) is 26.2 Å². The number of aromatic nitrogens is 1. The van der Waals surface area contributed by atoms with Crippen LogP contribution in [0.25, 0.3) is 0 Å². The summed E-state index contributed by atoms with van der Waals surface area (Å²) >= 11 is 4.65. The molecule has 0 bridgehead atoms. The van der Waals surface area contributed by atoms with Gasteiger partial charge in [0.25, 0.3) is 5.91 Å². The number of amides is 1. The number of esters is 1. The van der Waals surface area contributed by atoms with Crippen molar-refractivity contribution in [3.63, 3.8) is 0 Å². The molecule has 0 radical (unpaired) electrons. The highest BCUT2D eigenvalue weighted by Crippen LogP contribution is 2.36. The van der Waals surface area contributed by atoms with Crippen molar-refractivity contribution in [1.82, 2.24) is 4.98 Å². The van der Waals surface area contributed by atoms with E-state index in [1.54, 1.807) is 18.3 Å². The van der Waals surface area contributed by atoms with Crippen LogP contribution in [0.3, 0.4) is 0 Å². The monoisotopic (exact) mass is 396 g/mol. The second kappa shape index (κ2) is 6.80. The normalized spacial score (nSPS) is 11.2. The molecule has 0 saturated heterocycles. The van der Waals surface area contributed by atoms with Gasteiger partial charge in [0.05, 0.1) is 18.2 Å². The number of pyridine rings is 1. The fourth-order valence-corrected chi connectivity index (χ4v) is 3.29. The van der Waals surface area contributed by atoms with E-state index in [0.29, 0.717) is 20.6 Å². The molecule has 2 heterocycles. The van der Waals surface area contributed by atoms with Gasteiger partial charge in [0.1, 0.15) is 5.00 Å². The van der Waals surface area contributed by atoms with Crippen molar-refractivity contribution in [2.24, 2.45) is 0 Å². The van der Waals surface area contributed by atoms with E-state index in [2.05, 4.69) is 26.2 Å². The van der Waals surface area contributed by atoms with E-state index in [9.17, 15) is 9.59 Å². The predicted molar refractivity (Wildman–Crippen MR) is 94.2 cm³/mol. The van der Waals surface area contributed by atoms with E-state index >= 15 is 0 Å². The van der Waals surface area contributed by atoms with Crippen LogP contribution in [0, 0.1) is 0 Å². The van der Waals surface area contributed by atoms with E-state index in [4.69, 9.17) is 4.74 Å². The van der Waals surface area contributed by atoms with Crippen LogP contribution in [0.5, 0.6) is 0 Å². The maximum atomic E-state index is 12.4. The molecule has 0 spiro atoms. The molecule has 5 nitrogen and oxygen atoms in total. The van der Waals surface area contributed by atoms with Crippen LogP contribution in [0.1, 0.15) is 46.4 Å². The van der Waals surface area contributed by atoms with Gasteiger partial charge in [-0.05, 0) is 33.5 Å². The minimum absolute atomic E-state index is 0.131. The summed E-state index contributed by atoms with van der Waals surface area (Å²) in [5.41, 5.74) is 0.632. The van der Waals surface area contributed by atoms with Crippen LogP contribution in [-0.4, -0.2) is 24.0 Å². The summed E-state index contributed by atoms with van der Waals surface area (Å²) in [6.45, 7) is 6.14. The molecule has 2 aromatic heterocycles. The lowest BCUT2D eigenvalue weighted by molar-refractivity contribution is 0.0602. The van der Waals surface area contributed by atoms with E-state index in [-0.39, 0.29) is 11.3 Å². The molecule has 0 saturated carbocycles. The molecule has 0 atom stereocenters. The Morgan fingerprint density at radius 1 is 1.26 bits per heavy atom. The molecule has 2 aromatic rings. The minimum Gasteiger partial charge on any atom is -0.465 e. The molecule has 0 aliphatic carbocycles. The number of rotatable bonds is 3. The smallest absolute Gasteiger partial charge is 0.340 e. The zero-order chi connectivity index (χ0) is 17.2. The van der Waals surface area contributed by atoms with Gasteiger partial charge in [-0.1, -0.05) is 20.8 Å². The quantitative estimate of drug-likeness (QED) is 0.787. The van der Waals surface area contributed by atoms with Gasteiger partial charge in [-0.2, -0.15) is 0 Å². The lowest BCUT2D eigenvalue weighted by Crippen LogP contribution is -2.14. The number of hydrogen-bond acceptors (Lipinski definition) is 5. The summed E-state index contributed by atoms with van der Waals surface area (Å²) < 4.78 is 5.51. The number of carbonyl (C=O) groups is 2. The molecule has 23 heavy (non-hydrogen) atoms. The molecule has 2 rings (SSSR count). The lowest BCUT2D eigenvalue weighted by atomic mass is 9.94. The number of halogens is 1. The van der Waals surface area contributed by atoms with Crippen molar-refractivity contribution < 1.29 is 14.3 Å². The van der Waals surface area contributed by atoms with Gasteiger partial charge in [0.2, 0.25) is 0 Å². The summed E-state index contributed by atoms with van der Waals surface area (Å²) in [6, 6.07) is 3.43. The summed E-state index contributed by atoms with van der Waals surface area (Å²) in [6.07, 6.45) is 3.07. The van der Waals surface area contributed by atoms with Crippen LogP contribution >= 0.6 is 27.3 Å².